The lowest BCUT2D eigenvalue weighted by atomic mass is 9.75. The van der Waals surface area contributed by atoms with Gasteiger partial charge in [0.15, 0.2) is 11.6 Å². The molecule has 0 saturated carbocycles. The summed E-state index contributed by atoms with van der Waals surface area (Å²) >= 11 is 7.62. The van der Waals surface area contributed by atoms with E-state index in [4.69, 9.17) is 33.0 Å². The van der Waals surface area contributed by atoms with E-state index < -0.39 is 0 Å². The lowest BCUT2D eigenvalue weighted by molar-refractivity contribution is 0.232. The van der Waals surface area contributed by atoms with Gasteiger partial charge < -0.3 is 16.4 Å². The highest BCUT2D eigenvalue weighted by Gasteiger charge is 2.37. The molecule has 2 aromatic rings. The van der Waals surface area contributed by atoms with Crippen LogP contribution in [0, 0.1) is 12.3 Å². The van der Waals surface area contributed by atoms with E-state index in [1.165, 1.54) is 43.9 Å². The second-order valence-electron chi connectivity index (χ2n) is 8.02. The third-order valence-electron chi connectivity index (χ3n) is 6.13. The SMILES string of the molecule is CCC1=CCC2(CCN(c3nc(N)c(Sc4ccnc(N)c4Cl)nc3C)CC2)C1. The zero-order chi connectivity index (χ0) is 20.6. The summed E-state index contributed by atoms with van der Waals surface area (Å²) in [5, 5.41) is 1.05. The number of aryl methyl sites for hydroxylation is 1. The number of hydrogen-bond acceptors (Lipinski definition) is 7. The first-order valence-electron chi connectivity index (χ1n) is 10.1. The molecular weight excluding hydrogens is 404 g/mol. The molecule has 0 unspecified atom stereocenters. The molecule has 2 aromatic heterocycles. The second-order valence-corrected chi connectivity index (χ2v) is 9.43. The van der Waals surface area contributed by atoms with Crippen LogP contribution < -0.4 is 16.4 Å². The van der Waals surface area contributed by atoms with Gasteiger partial charge in [0.05, 0.1) is 10.7 Å². The molecule has 1 fully saturated rings. The Morgan fingerprint density at radius 3 is 2.66 bits per heavy atom. The van der Waals surface area contributed by atoms with Crippen LogP contribution in [0.5, 0.6) is 0 Å². The molecular formula is C21H27ClN6S. The fraction of sp³-hybridized carbons (Fsp3) is 0.476. The first-order chi connectivity index (χ1) is 13.9. The summed E-state index contributed by atoms with van der Waals surface area (Å²) in [4.78, 5) is 16.5. The quantitative estimate of drug-likeness (QED) is 0.668. The van der Waals surface area contributed by atoms with Crippen LogP contribution in [0.3, 0.4) is 0 Å². The van der Waals surface area contributed by atoms with Gasteiger partial charge in [0.25, 0.3) is 0 Å². The average molecular weight is 431 g/mol. The number of halogens is 1. The molecule has 2 aliphatic rings. The monoisotopic (exact) mass is 430 g/mol. The van der Waals surface area contributed by atoms with Crippen LogP contribution in [0.2, 0.25) is 5.02 Å². The molecule has 154 valence electrons. The van der Waals surface area contributed by atoms with Gasteiger partial charge in [-0.3, -0.25) is 0 Å². The van der Waals surface area contributed by atoms with Crippen molar-refractivity contribution in [2.45, 2.75) is 55.9 Å². The summed E-state index contributed by atoms with van der Waals surface area (Å²) in [7, 11) is 0. The number of piperidine rings is 1. The van der Waals surface area contributed by atoms with E-state index in [0.29, 0.717) is 27.1 Å². The molecule has 29 heavy (non-hydrogen) atoms. The Morgan fingerprint density at radius 2 is 1.97 bits per heavy atom. The summed E-state index contributed by atoms with van der Waals surface area (Å²) in [6, 6.07) is 1.80. The van der Waals surface area contributed by atoms with Crippen molar-refractivity contribution in [2.75, 3.05) is 29.5 Å². The number of rotatable bonds is 4. The summed E-state index contributed by atoms with van der Waals surface area (Å²) in [6.07, 6.45) is 10.1. The molecule has 0 radical (unpaired) electrons. The zero-order valence-electron chi connectivity index (χ0n) is 16.9. The van der Waals surface area contributed by atoms with Crippen LogP contribution >= 0.6 is 23.4 Å². The van der Waals surface area contributed by atoms with E-state index in [9.17, 15) is 0 Å². The maximum absolute atomic E-state index is 6.27. The lowest BCUT2D eigenvalue weighted by Gasteiger charge is -2.40. The third-order valence-corrected chi connectivity index (χ3v) is 7.69. The fourth-order valence-corrected chi connectivity index (χ4v) is 5.42. The van der Waals surface area contributed by atoms with E-state index in [2.05, 4.69) is 22.9 Å². The van der Waals surface area contributed by atoms with Gasteiger partial charge in [-0.1, -0.05) is 41.9 Å². The Labute approximate surface area is 181 Å². The summed E-state index contributed by atoms with van der Waals surface area (Å²) in [5.74, 6) is 1.60. The highest BCUT2D eigenvalue weighted by Crippen LogP contribution is 2.47. The van der Waals surface area contributed by atoms with E-state index in [-0.39, 0.29) is 0 Å². The molecule has 0 aromatic carbocycles. The van der Waals surface area contributed by atoms with E-state index in [1.54, 1.807) is 17.8 Å². The second kappa shape index (κ2) is 8.03. The largest absolute Gasteiger partial charge is 0.382 e. The molecule has 1 aliphatic heterocycles. The van der Waals surface area contributed by atoms with Gasteiger partial charge in [0, 0.05) is 24.2 Å². The number of nitrogens with zero attached hydrogens (tertiary/aromatic N) is 4. The molecule has 6 nitrogen and oxygen atoms in total. The minimum Gasteiger partial charge on any atom is -0.382 e. The lowest BCUT2D eigenvalue weighted by Crippen LogP contribution is -2.40. The van der Waals surface area contributed by atoms with Gasteiger partial charge in [-0.05, 0) is 50.5 Å². The number of pyridine rings is 1. The number of aromatic nitrogens is 3. The van der Waals surface area contributed by atoms with Crippen LogP contribution in [0.25, 0.3) is 0 Å². The van der Waals surface area contributed by atoms with Crippen LogP contribution in [0.15, 0.2) is 33.8 Å². The van der Waals surface area contributed by atoms with E-state index in [1.807, 2.05) is 6.92 Å². The molecule has 1 spiro atoms. The van der Waals surface area contributed by atoms with Crippen LogP contribution in [-0.4, -0.2) is 28.0 Å². The third kappa shape index (κ3) is 4.03. The molecule has 1 aliphatic carbocycles. The Bertz CT molecular complexity index is 952. The number of nitrogens with two attached hydrogens (primary N) is 2. The Balaban J connectivity index is 1.49. The summed E-state index contributed by atoms with van der Waals surface area (Å²) < 4.78 is 0. The van der Waals surface area contributed by atoms with E-state index in [0.717, 1.165) is 29.5 Å². The van der Waals surface area contributed by atoms with Crippen LogP contribution in [0.1, 0.15) is 44.7 Å². The molecule has 0 bridgehead atoms. The van der Waals surface area contributed by atoms with Gasteiger partial charge in [-0.25, -0.2) is 15.0 Å². The first-order valence-corrected chi connectivity index (χ1v) is 11.2. The Kier molecular flexibility index (Phi) is 5.62. The van der Waals surface area contributed by atoms with Gasteiger partial charge in [-0.2, -0.15) is 0 Å². The van der Waals surface area contributed by atoms with Crippen molar-refractivity contribution >= 4 is 40.8 Å². The highest BCUT2D eigenvalue weighted by molar-refractivity contribution is 7.99. The Morgan fingerprint density at radius 1 is 1.21 bits per heavy atom. The molecule has 8 heteroatoms. The van der Waals surface area contributed by atoms with Crippen molar-refractivity contribution in [1.29, 1.82) is 0 Å². The van der Waals surface area contributed by atoms with Gasteiger partial charge >= 0.3 is 0 Å². The van der Waals surface area contributed by atoms with Crippen molar-refractivity contribution in [3.8, 4) is 0 Å². The van der Waals surface area contributed by atoms with Crippen LogP contribution in [-0.2, 0) is 0 Å². The van der Waals surface area contributed by atoms with Crippen LogP contribution in [0.4, 0.5) is 17.5 Å². The van der Waals surface area contributed by atoms with Crippen molar-refractivity contribution in [2.24, 2.45) is 5.41 Å². The minimum absolute atomic E-state index is 0.298. The smallest absolute Gasteiger partial charge is 0.158 e. The number of nitrogen functional groups attached to an aromatic ring is 2. The summed E-state index contributed by atoms with van der Waals surface area (Å²) in [5.41, 5.74) is 15.0. The maximum atomic E-state index is 6.27. The predicted molar refractivity (Wildman–Crippen MR) is 120 cm³/mol. The normalized spacial score (nSPS) is 18.3. The average Bonchev–Trinajstić information content (AvgIpc) is 3.11. The maximum Gasteiger partial charge on any atom is 0.158 e. The van der Waals surface area contributed by atoms with Gasteiger partial charge in [-0.15, -0.1) is 0 Å². The number of anilines is 3. The molecule has 0 amide bonds. The van der Waals surface area contributed by atoms with E-state index >= 15 is 0 Å². The van der Waals surface area contributed by atoms with Crippen molar-refractivity contribution in [3.05, 3.63) is 34.6 Å². The van der Waals surface area contributed by atoms with Crippen molar-refractivity contribution < 1.29 is 0 Å². The number of hydrogen-bond donors (Lipinski definition) is 2. The molecule has 4 rings (SSSR count). The Hall–Kier alpha value is -1.99. The minimum atomic E-state index is 0.298. The van der Waals surface area contributed by atoms with Gasteiger partial charge in [0.2, 0.25) is 0 Å². The van der Waals surface area contributed by atoms with Crippen molar-refractivity contribution in [1.82, 2.24) is 15.0 Å². The molecule has 0 atom stereocenters. The first kappa shape index (κ1) is 20.3. The number of allylic oxidation sites excluding steroid dienone is 2. The zero-order valence-corrected chi connectivity index (χ0v) is 18.5. The predicted octanol–water partition coefficient (Wildman–Crippen LogP) is 4.87. The van der Waals surface area contributed by atoms with Gasteiger partial charge in [0.1, 0.15) is 10.8 Å². The molecule has 4 N–H and O–H groups in total. The molecule has 3 heterocycles. The molecule has 1 saturated heterocycles. The highest BCUT2D eigenvalue weighted by atomic mass is 35.5. The topological polar surface area (TPSA) is 94.0 Å². The summed E-state index contributed by atoms with van der Waals surface area (Å²) in [6.45, 7) is 6.25. The fourth-order valence-electron chi connectivity index (χ4n) is 4.33. The standard InChI is InChI=1S/C21H27ClN6S/c1-3-14-4-6-21(12-14)7-10-28(11-8-21)19-13(2)26-20(18(24)27-19)29-15-5-9-25-17(23)16(15)22/h4-5,9H,3,6-8,10-12H2,1-2H3,(H2,23,25)(H2,24,27). The van der Waals surface area contributed by atoms with Crippen molar-refractivity contribution in [3.63, 3.8) is 0 Å².